The molecule has 3 amide bonds. The highest BCUT2D eigenvalue weighted by molar-refractivity contribution is 5.98. The fourth-order valence-electron chi connectivity index (χ4n) is 4.77. The summed E-state index contributed by atoms with van der Waals surface area (Å²) in [5, 5.41) is 4.22. The molecule has 0 aliphatic carbocycles. The molecule has 1 saturated heterocycles. The Morgan fingerprint density at radius 1 is 1.03 bits per heavy atom. The smallest absolute Gasteiger partial charge is 0.314 e. The first-order chi connectivity index (χ1) is 14.6. The van der Waals surface area contributed by atoms with Crippen LogP contribution in [0.5, 0.6) is 0 Å². The molecule has 152 valence electrons. The molecule has 2 aliphatic heterocycles. The average Bonchev–Trinajstić information content (AvgIpc) is 3.24. The predicted octanol–water partition coefficient (Wildman–Crippen LogP) is 3.30. The maximum Gasteiger partial charge on any atom is 0.314 e. The first-order valence-electron chi connectivity index (χ1n) is 10.1. The van der Waals surface area contributed by atoms with Crippen LogP contribution in [0.1, 0.15) is 24.0 Å². The molecule has 0 saturated carbocycles. The Labute approximate surface area is 174 Å². The molecule has 5 rings (SSSR count). The number of carbonyl (C=O) groups is 2. The summed E-state index contributed by atoms with van der Waals surface area (Å²) in [5.74, 6) is 0.401. The quantitative estimate of drug-likeness (QED) is 0.712. The molecule has 0 atom stereocenters. The Kier molecular flexibility index (Phi) is 4.31. The number of piperidine rings is 1. The van der Waals surface area contributed by atoms with Gasteiger partial charge in [0, 0.05) is 24.7 Å². The molecule has 30 heavy (non-hydrogen) atoms. The van der Waals surface area contributed by atoms with Crippen molar-refractivity contribution in [3.8, 4) is 11.3 Å². The van der Waals surface area contributed by atoms with Gasteiger partial charge in [0.05, 0.1) is 12.0 Å². The van der Waals surface area contributed by atoms with E-state index in [2.05, 4.69) is 11.2 Å². The normalized spacial score (nSPS) is 17.8. The summed E-state index contributed by atoms with van der Waals surface area (Å²) in [5.41, 5.74) is 8.64. The molecule has 3 aromatic rings. The van der Waals surface area contributed by atoms with Gasteiger partial charge in [-0.25, -0.2) is 4.79 Å². The Morgan fingerprint density at radius 3 is 2.47 bits per heavy atom. The molecular weight excluding hydrogens is 380 g/mol. The van der Waals surface area contributed by atoms with Crippen LogP contribution < -0.4 is 10.6 Å². The van der Waals surface area contributed by atoms with Gasteiger partial charge in [0.25, 0.3) is 0 Å². The Bertz CT molecular complexity index is 1100. The van der Waals surface area contributed by atoms with Crippen LogP contribution in [-0.4, -0.2) is 35.1 Å². The van der Waals surface area contributed by atoms with Crippen molar-refractivity contribution in [3.63, 3.8) is 0 Å². The van der Waals surface area contributed by atoms with Gasteiger partial charge in [-0.15, -0.1) is 0 Å². The number of aromatic nitrogens is 1. The van der Waals surface area contributed by atoms with Crippen LogP contribution in [0.4, 0.5) is 10.7 Å². The van der Waals surface area contributed by atoms with Crippen molar-refractivity contribution in [1.82, 2.24) is 10.1 Å². The molecule has 2 aliphatic rings. The summed E-state index contributed by atoms with van der Waals surface area (Å²) in [6.07, 6.45) is 1.47. The first-order valence-corrected chi connectivity index (χ1v) is 10.1. The van der Waals surface area contributed by atoms with Crippen LogP contribution in [0.3, 0.4) is 0 Å². The zero-order chi connectivity index (χ0) is 20.7. The highest BCUT2D eigenvalue weighted by Gasteiger charge is 2.50. The van der Waals surface area contributed by atoms with E-state index < -0.39 is 11.6 Å². The van der Waals surface area contributed by atoms with Crippen molar-refractivity contribution in [2.45, 2.75) is 24.8 Å². The molecule has 0 radical (unpaired) electrons. The Balaban J connectivity index is 1.59. The second kappa shape index (κ2) is 7.02. The number of nitrogens with two attached hydrogens (primary N) is 1. The highest BCUT2D eigenvalue weighted by atomic mass is 16.5. The molecule has 1 spiro atoms. The number of hydrogen-bond acceptors (Lipinski definition) is 4. The Hall–Kier alpha value is -3.61. The number of carbonyl (C=O) groups excluding carboxylic acids is 2. The number of primary amides is 1. The van der Waals surface area contributed by atoms with E-state index in [9.17, 15) is 9.59 Å². The number of amides is 3. The van der Waals surface area contributed by atoms with Gasteiger partial charge in [0.15, 0.2) is 0 Å². The van der Waals surface area contributed by atoms with Crippen molar-refractivity contribution >= 4 is 17.8 Å². The fourth-order valence-corrected chi connectivity index (χ4v) is 4.77. The van der Waals surface area contributed by atoms with E-state index in [-0.39, 0.29) is 5.91 Å². The zero-order valence-corrected chi connectivity index (χ0v) is 16.5. The van der Waals surface area contributed by atoms with Gasteiger partial charge in [-0.2, -0.15) is 0 Å². The predicted molar refractivity (Wildman–Crippen MR) is 112 cm³/mol. The van der Waals surface area contributed by atoms with Crippen molar-refractivity contribution in [2.24, 2.45) is 5.73 Å². The van der Waals surface area contributed by atoms with E-state index >= 15 is 0 Å². The van der Waals surface area contributed by atoms with Gasteiger partial charge in [-0.05, 0) is 24.0 Å². The topological polar surface area (TPSA) is 92.7 Å². The molecule has 7 heteroatoms. The lowest BCUT2D eigenvalue weighted by Gasteiger charge is -2.50. The van der Waals surface area contributed by atoms with Gasteiger partial charge in [-0.1, -0.05) is 59.8 Å². The summed E-state index contributed by atoms with van der Waals surface area (Å²) >= 11 is 0. The molecule has 0 unspecified atom stereocenters. The summed E-state index contributed by atoms with van der Waals surface area (Å²) in [6.45, 7) is 0.959. The first kappa shape index (κ1) is 18.4. The highest BCUT2D eigenvalue weighted by Crippen LogP contribution is 2.46. The molecule has 2 aromatic carbocycles. The third-order valence-electron chi connectivity index (χ3n) is 6.23. The molecule has 7 nitrogen and oxygen atoms in total. The second-order valence-electron chi connectivity index (χ2n) is 7.84. The van der Waals surface area contributed by atoms with E-state index in [4.69, 9.17) is 10.3 Å². The number of anilines is 1. The minimum absolute atomic E-state index is 0.0306. The van der Waals surface area contributed by atoms with Gasteiger partial charge >= 0.3 is 6.03 Å². The molecule has 1 aromatic heterocycles. The average molecular weight is 402 g/mol. The van der Waals surface area contributed by atoms with Crippen LogP contribution in [0.2, 0.25) is 0 Å². The number of fused-ring (bicyclic) bond motifs is 2. The lowest BCUT2D eigenvalue weighted by molar-refractivity contribution is -0.120. The van der Waals surface area contributed by atoms with Crippen LogP contribution in [0.25, 0.3) is 11.3 Å². The van der Waals surface area contributed by atoms with Crippen LogP contribution in [-0.2, 0) is 16.8 Å². The van der Waals surface area contributed by atoms with Crippen molar-refractivity contribution in [2.75, 3.05) is 18.0 Å². The van der Waals surface area contributed by atoms with E-state index in [1.165, 1.54) is 0 Å². The summed E-state index contributed by atoms with van der Waals surface area (Å²) in [6, 6.07) is 19.1. The third-order valence-corrected chi connectivity index (χ3v) is 6.23. The van der Waals surface area contributed by atoms with Gasteiger partial charge in [0.2, 0.25) is 11.8 Å². The van der Waals surface area contributed by atoms with Crippen LogP contribution in [0.15, 0.2) is 65.2 Å². The molecule has 0 bridgehead atoms. The SMILES string of the molecule is NC(=O)N1CCC2(CC1)c1ccccc1CC(=O)N2c1cc(-c2ccccc2)no1. The largest absolute Gasteiger partial charge is 0.351 e. The lowest BCUT2D eigenvalue weighted by atomic mass is 9.74. The minimum Gasteiger partial charge on any atom is -0.351 e. The monoisotopic (exact) mass is 402 g/mol. The van der Waals surface area contributed by atoms with Crippen molar-refractivity contribution in [3.05, 3.63) is 71.8 Å². The fraction of sp³-hybridized carbons (Fsp3) is 0.261. The second-order valence-corrected chi connectivity index (χ2v) is 7.84. The lowest BCUT2D eigenvalue weighted by Crippen LogP contribution is -2.59. The number of hydrogen-bond donors (Lipinski definition) is 1. The van der Waals surface area contributed by atoms with Gasteiger partial charge in [0.1, 0.15) is 5.69 Å². The summed E-state index contributed by atoms with van der Waals surface area (Å²) < 4.78 is 5.70. The third kappa shape index (κ3) is 2.85. The molecule has 2 N–H and O–H groups in total. The van der Waals surface area contributed by atoms with Gasteiger partial charge in [-0.3, -0.25) is 9.69 Å². The van der Waals surface area contributed by atoms with E-state index in [0.29, 0.717) is 43.9 Å². The number of nitrogens with zero attached hydrogens (tertiary/aromatic N) is 3. The van der Waals surface area contributed by atoms with Crippen LogP contribution in [0, 0.1) is 0 Å². The van der Waals surface area contributed by atoms with E-state index in [1.807, 2.05) is 54.6 Å². The van der Waals surface area contributed by atoms with E-state index in [0.717, 1.165) is 16.7 Å². The summed E-state index contributed by atoms with van der Waals surface area (Å²) in [4.78, 5) is 28.4. The van der Waals surface area contributed by atoms with Gasteiger partial charge < -0.3 is 15.2 Å². The Morgan fingerprint density at radius 2 is 1.73 bits per heavy atom. The summed E-state index contributed by atoms with van der Waals surface area (Å²) in [7, 11) is 0. The van der Waals surface area contributed by atoms with Crippen molar-refractivity contribution < 1.29 is 14.1 Å². The number of likely N-dealkylation sites (tertiary alicyclic amines) is 1. The molecule has 1 fully saturated rings. The number of rotatable bonds is 2. The molecular formula is C23H22N4O3. The molecule has 3 heterocycles. The van der Waals surface area contributed by atoms with Crippen LogP contribution >= 0.6 is 0 Å². The standard InChI is InChI=1S/C23H22N4O3/c24-22(29)26-12-10-23(11-13-26)18-9-5-4-8-17(18)14-20(28)27(23)21-15-19(25-30-21)16-6-2-1-3-7-16/h1-9,15H,10-14H2,(H2,24,29). The zero-order valence-electron chi connectivity index (χ0n) is 16.5. The van der Waals surface area contributed by atoms with Crippen molar-refractivity contribution in [1.29, 1.82) is 0 Å². The number of benzene rings is 2. The van der Waals surface area contributed by atoms with E-state index in [1.54, 1.807) is 9.80 Å². The maximum atomic E-state index is 13.3. The minimum atomic E-state index is -0.592. The maximum absolute atomic E-state index is 13.3. The number of urea groups is 1.